The summed E-state index contributed by atoms with van der Waals surface area (Å²) in [5, 5.41) is 44.5. The number of methoxy groups -OCH3 is 3. The van der Waals surface area contributed by atoms with Gasteiger partial charge in [0.15, 0.2) is 23.0 Å². The summed E-state index contributed by atoms with van der Waals surface area (Å²) in [6.45, 7) is -1.36. The third-order valence-electron chi connectivity index (χ3n) is 6.91. The van der Waals surface area contributed by atoms with Gasteiger partial charge in [-0.05, 0) is 36.2 Å². The quantitative estimate of drug-likeness (QED) is 0.217. The first-order chi connectivity index (χ1) is 19.7. The maximum atomic E-state index is 13.4. The van der Waals surface area contributed by atoms with E-state index in [0.29, 0.717) is 17.1 Å². The van der Waals surface area contributed by atoms with Crippen molar-refractivity contribution < 1.29 is 53.0 Å². The van der Waals surface area contributed by atoms with Crippen molar-refractivity contribution in [1.29, 1.82) is 0 Å². The fourth-order valence-corrected chi connectivity index (χ4v) is 4.85. The molecule has 12 nitrogen and oxygen atoms in total. The number of carbonyl (C=O) groups is 1. The molecule has 1 fully saturated rings. The van der Waals surface area contributed by atoms with Gasteiger partial charge in [-0.1, -0.05) is 0 Å². The van der Waals surface area contributed by atoms with Crippen molar-refractivity contribution in [2.24, 2.45) is 0 Å². The van der Waals surface area contributed by atoms with Gasteiger partial charge in [0.2, 0.25) is 0 Å². The van der Waals surface area contributed by atoms with E-state index in [9.17, 15) is 34.4 Å². The van der Waals surface area contributed by atoms with E-state index in [4.69, 9.17) is 23.4 Å². The number of aliphatic hydroxyl groups is 4. The third-order valence-corrected chi connectivity index (χ3v) is 6.91. The lowest BCUT2D eigenvalue weighted by molar-refractivity contribution is -0.223. The first kappa shape index (κ1) is 30.2. The Labute approximate surface area is 233 Å². The van der Waals surface area contributed by atoms with Crippen LogP contribution in [0.25, 0.3) is 22.3 Å². The molecule has 1 aliphatic rings. The second-order valence-electron chi connectivity index (χ2n) is 9.34. The van der Waals surface area contributed by atoms with Gasteiger partial charge in [0, 0.05) is 23.7 Å². The molecule has 0 radical (unpaired) electrons. The molecular formula is C28H32FNO11. The first-order valence-corrected chi connectivity index (χ1v) is 12.7. The van der Waals surface area contributed by atoms with E-state index in [0.717, 1.165) is 0 Å². The number of fused-ring (bicyclic) bond motifs is 1. The molecule has 41 heavy (non-hydrogen) atoms. The van der Waals surface area contributed by atoms with Gasteiger partial charge < -0.3 is 49.1 Å². The molecule has 0 bridgehead atoms. The lowest BCUT2D eigenvalue weighted by atomic mass is 9.87. The minimum Gasteiger partial charge on any atom is -0.495 e. The number of hydrogen-bond donors (Lipinski definition) is 5. The molecule has 5 unspecified atom stereocenters. The van der Waals surface area contributed by atoms with Crippen molar-refractivity contribution in [3.8, 4) is 28.6 Å². The Morgan fingerprint density at radius 3 is 2.37 bits per heavy atom. The predicted molar refractivity (Wildman–Crippen MR) is 143 cm³/mol. The normalized spacial score (nSPS) is 22.4. The fraction of sp³-hybridized carbons (Fsp3) is 0.429. The van der Waals surface area contributed by atoms with Crippen LogP contribution in [0.15, 0.2) is 39.5 Å². The van der Waals surface area contributed by atoms with Crippen LogP contribution in [0.1, 0.15) is 23.7 Å². The second-order valence-corrected chi connectivity index (χ2v) is 9.34. The number of rotatable bonds is 10. The SMILES string of the molecule is COc1ccc(-c2cc(=O)c3c(OC)c(C4OC(C(=O)NCCCF)C(O)C(O)C4O)c(CO)cc3o2)cc1OC. The van der Waals surface area contributed by atoms with E-state index >= 15 is 0 Å². The smallest absolute Gasteiger partial charge is 0.251 e. The van der Waals surface area contributed by atoms with Crippen LogP contribution in [0, 0.1) is 0 Å². The van der Waals surface area contributed by atoms with E-state index in [1.165, 1.54) is 33.5 Å². The summed E-state index contributed by atoms with van der Waals surface area (Å²) >= 11 is 0. The Morgan fingerprint density at radius 2 is 1.73 bits per heavy atom. The molecule has 1 saturated heterocycles. The lowest BCUT2D eigenvalue weighted by Crippen LogP contribution is -2.59. The van der Waals surface area contributed by atoms with Crippen LogP contribution < -0.4 is 25.0 Å². The standard InChI is InChI=1S/C28H32FNO11/c1-37-16-6-5-13(9-18(16)38-2)17-11-15(32)21-19(40-17)10-14(12-31)20(25(21)39-3)26-23(34)22(33)24(35)27(41-26)28(36)30-8-4-7-29/h5-6,9-11,22-24,26-27,31,33-35H,4,7-8,12H2,1-3H3,(H,30,36). The predicted octanol–water partition coefficient (Wildman–Crippen LogP) is 0.976. The van der Waals surface area contributed by atoms with E-state index in [1.54, 1.807) is 18.2 Å². The minimum absolute atomic E-state index is 0.0197. The molecule has 2 aromatic carbocycles. The van der Waals surface area contributed by atoms with Crippen molar-refractivity contribution in [3.05, 3.63) is 51.7 Å². The Balaban J connectivity index is 1.83. The number of alkyl halides is 1. The number of ether oxygens (including phenoxy) is 4. The summed E-state index contributed by atoms with van der Waals surface area (Å²) in [6, 6.07) is 7.53. The number of carbonyl (C=O) groups excluding carboxylic acids is 1. The minimum atomic E-state index is -1.85. The summed E-state index contributed by atoms with van der Waals surface area (Å²) in [4.78, 5) is 26.1. The van der Waals surface area contributed by atoms with Crippen LogP contribution in [-0.4, -0.2) is 85.3 Å². The molecule has 4 rings (SSSR count). The van der Waals surface area contributed by atoms with Crippen LogP contribution in [0.2, 0.25) is 0 Å². The molecule has 0 aliphatic carbocycles. The van der Waals surface area contributed by atoms with Gasteiger partial charge in [-0.2, -0.15) is 0 Å². The van der Waals surface area contributed by atoms with Crippen molar-refractivity contribution in [1.82, 2.24) is 5.32 Å². The molecule has 5 N–H and O–H groups in total. The van der Waals surface area contributed by atoms with Crippen molar-refractivity contribution >= 4 is 16.9 Å². The maximum absolute atomic E-state index is 13.4. The van der Waals surface area contributed by atoms with Crippen LogP contribution >= 0.6 is 0 Å². The Hall–Kier alpha value is -3.75. The number of amides is 1. The Kier molecular flexibility index (Phi) is 9.46. The van der Waals surface area contributed by atoms with E-state index < -0.39 is 55.1 Å². The molecule has 1 aromatic heterocycles. The van der Waals surface area contributed by atoms with Crippen LogP contribution in [0.4, 0.5) is 4.39 Å². The van der Waals surface area contributed by atoms with Crippen LogP contribution in [0.5, 0.6) is 17.2 Å². The molecule has 222 valence electrons. The van der Waals surface area contributed by atoms with E-state index in [1.807, 2.05) is 0 Å². The molecule has 13 heteroatoms. The van der Waals surface area contributed by atoms with Gasteiger partial charge in [-0.25, -0.2) is 0 Å². The number of nitrogens with one attached hydrogen (secondary N) is 1. The van der Waals surface area contributed by atoms with Gasteiger partial charge in [-0.15, -0.1) is 0 Å². The number of benzene rings is 2. The highest BCUT2D eigenvalue weighted by Crippen LogP contribution is 2.43. The van der Waals surface area contributed by atoms with Crippen LogP contribution in [-0.2, 0) is 16.1 Å². The molecular weight excluding hydrogens is 545 g/mol. The zero-order chi connectivity index (χ0) is 29.8. The Bertz CT molecular complexity index is 1460. The maximum Gasteiger partial charge on any atom is 0.251 e. The zero-order valence-electron chi connectivity index (χ0n) is 22.6. The lowest BCUT2D eigenvalue weighted by Gasteiger charge is -2.41. The molecule has 0 spiro atoms. The molecule has 5 atom stereocenters. The third kappa shape index (κ3) is 5.72. The molecule has 1 aliphatic heterocycles. The average Bonchev–Trinajstić information content (AvgIpc) is 2.98. The summed E-state index contributed by atoms with van der Waals surface area (Å²) in [7, 11) is 4.21. The van der Waals surface area contributed by atoms with Gasteiger partial charge in [0.05, 0.1) is 34.6 Å². The van der Waals surface area contributed by atoms with Crippen LogP contribution in [0.3, 0.4) is 0 Å². The average molecular weight is 578 g/mol. The van der Waals surface area contributed by atoms with Crippen molar-refractivity contribution in [3.63, 3.8) is 0 Å². The topological polar surface area (TPSA) is 177 Å². The Morgan fingerprint density at radius 1 is 1.00 bits per heavy atom. The largest absolute Gasteiger partial charge is 0.495 e. The van der Waals surface area contributed by atoms with E-state index in [2.05, 4.69) is 5.32 Å². The number of halogens is 1. The summed E-state index contributed by atoms with van der Waals surface area (Å²) in [5.74, 6) is 0.0968. The second kappa shape index (κ2) is 12.8. The van der Waals surface area contributed by atoms with Gasteiger partial charge >= 0.3 is 0 Å². The summed E-state index contributed by atoms with van der Waals surface area (Å²) in [5.41, 5.74) is 0.0863. The fourth-order valence-electron chi connectivity index (χ4n) is 4.85. The summed E-state index contributed by atoms with van der Waals surface area (Å²) in [6.07, 6.45) is -8.59. The van der Waals surface area contributed by atoms with Crippen molar-refractivity contribution in [2.45, 2.75) is 43.5 Å². The zero-order valence-corrected chi connectivity index (χ0v) is 22.6. The number of hydrogen-bond acceptors (Lipinski definition) is 11. The molecule has 3 aromatic rings. The highest BCUT2D eigenvalue weighted by molar-refractivity contribution is 5.88. The first-order valence-electron chi connectivity index (χ1n) is 12.7. The molecule has 0 saturated carbocycles. The summed E-state index contributed by atoms with van der Waals surface area (Å²) < 4.78 is 40.4. The highest BCUT2D eigenvalue weighted by atomic mass is 19.1. The van der Waals surface area contributed by atoms with Gasteiger partial charge in [0.25, 0.3) is 5.91 Å². The van der Waals surface area contributed by atoms with E-state index in [-0.39, 0.29) is 46.6 Å². The molecule has 1 amide bonds. The molecule has 2 heterocycles. The number of aliphatic hydroxyl groups excluding tert-OH is 4. The van der Waals surface area contributed by atoms with Gasteiger partial charge in [0.1, 0.15) is 46.9 Å². The van der Waals surface area contributed by atoms with Gasteiger partial charge in [-0.3, -0.25) is 14.0 Å². The van der Waals surface area contributed by atoms with Crippen molar-refractivity contribution in [2.75, 3.05) is 34.5 Å². The monoisotopic (exact) mass is 577 g/mol. The highest BCUT2D eigenvalue weighted by Gasteiger charge is 2.48.